The number of benzene rings is 3. The first-order valence-corrected chi connectivity index (χ1v) is 12.3. The van der Waals surface area contributed by atoms with Gasteiger partial charge in [-0.05, 0) is 61.2 Å². The normalized spacial score (nSPS) is 22.5. The van der Waals surface area contributed by atoms with E-state index in [1.807, 2.05) is 13.0 Å². The van der Waals surface area contributed by atoms with E-state index in [4.69, 9.17) is 4.74 Å². The Bertz CT molecular complexity index is 1140. The molecule has 0 aromatic heterocycles. The number of fused-ring (bicyclic) bond motifs is 2. The fraction of sp³-hybridized carbons (Fsp3) is 0.345. The number of piperidine rings is 1. The molecule has 1 heterocycles. The Balaban J connectivity index is 1.33. The van der Waals surface area contributed by atoms with Crippen LogP contribution in [0.3, 0.4) is 0 Å². The first kappa shape index (κ1) is 23.4. The van der Waals surface area contributed by atoms with Gasteiger partial charge in [-0.15, -0.1) is 0 Å². The van der Waals surface area contributed by atoms with Gasteiger partial charge in [0.05, 0.1) is 11.7 Å². The van der Waals surface area contributed by atoms with Crippen LogP contribution in [0.5, 0.6) is 5.75 Å². The third-order valence-electron chi connectivity index (χ3n) is 7.35. The van der Waals surface area contributed by atoms with E-state index in [1.165, 1.54) is 22.6 Å². The molecule has 1 amide bonds. The lowest BCUT2D eigenvalue weighted by Gasteiger charge is -2.39. The zero-order valence-corrected chi connectivity index (χ0v) is 19.9. The van der Waals surface area contributed by atoms with Crippen LogP contribution < -0.4 is 4.90 Å². The summed E-state index contributed by atoms with van der Waals surface area (Å²) in [7, 11) is 0. The number of ether oxygens (including phenoxy) is 1. The molecule has 5 rings (SSSR count). The van der Waals surface area contributed by atoms with Crippen molar-refractivity contribution in [1.29, 1.82) is 0 Å². The maximum atomic E-state index is 14.1. The van der Waals surface area contributed by atoms with Crippen LogP contribution in [-0.4, -0.2) is 35.3 Å². The van der Waals surface area contributed by atoms with E-state index in [0.29, 0.717) is 17.5 Å². The minimum atomic E-state index is -0.463. The summed E-state index contributed by atoms with van der Waals surface area (Å²) in [5.74, 6) is 0.326. The van der Waals surface area contributed by atoms with E-state index < -0.39 is 18.0 Å². The quantitative estimate of drug-likeness (QED) is 0.466. The van der Waals surface area contributed by atoms with E-state index >= 15 is 0 Å². The zero-order valence-electron chi connectivity index (χ0n) is 19.9. The Hall–Kier alpha value is -3.38. The molecule has 35 heavy (non-hydrogen) atoms. The summed E-state index contributed by atoms with van der Waals surface area (Å²) < 4.78 is 20.3. The highest BCUT2D eigenvalue weighted by molar-refractivity contribution is 5.88. The largest absolute Gasteiger partial charge is 0.508 e. The first-order valence-electron chi connectivity index (χ1n) is 12.3. The van der Waals surface area contributed by atoms with Crippen molar-refractivity contribution in [3.8, 4) is 5.75 Å². The number of aromatic hydroxyl groups is 1. The first-order chi connectivity index (χ1) is 17.0. The topological polar surface area (TPSA) is 53.0 Å². The molecule has 5 nitrogen and oxygen atoms in total. The predicted octanol–water partition coefficient (Wildman–Crippen LogP) is 6.15. The van der Waals surface area contributed by atoms with Crippen molar-refractivity contribution in [2.45, 2.75) is 38.5 Å². The van der Waals surface area contributed by atoms with Gasteiger partial charge in [-0.25, -0.2) is 9.18 Å². The van der Waals surface area contributed by atoms with Crippen LogP contribution in [0.25, 0.3) is 0 Å². The van der Waals surface area contributed by atoms with E-state index in [-0.39, 0.29) is 11.9 Å². The molecule has 2 aliphatic rings. The monoisotopic (exact) mass is 474 g/mol. The van der Waals surface area contributed by atoms with Crippen LogP contribution in [0, 0.1) is 17.7 Å². The zero-order chi connectivity index (χ0) is 24.4. The molecule has 3 unspecified atom stereocenters. The summed E-state index contributed by atoms with van der Waals surface area (Å²) in [6, 6.07) is 22.8. The number of hydrogen-bond acceptors (Lipinski definition) is 4. The van der Waals surface area contributed by atoms with Crippen molar-refractivity contribution in [1.82, 2.24) is 4.90 Å². The van der Waals surface area contributed by atoms with Gasteiger partial charge in [0.15, 0.2) is 0 Å². The van der Waals surface area contributed by atoms with E-state index in [2.05, 4.69) is 29.2 Å². The molecule has 3 aromatic rings. The number of amides is 1. The van der Waals surface area contributed by atoms with Crippen molar-refractivity contribution in [2.24, 2.45) is 11.8 Å². The number of likely N-dealkylation sites (tertiary alicyclic amines) is 1. The smallest absolute Gasteiger partial charge is 0.415 e. The fourth-order valence-electron chi connectivity index (χ4n) is 5.62. The highest BCUT2D eigenvalue weighted by Gasteiger charge is 2.45. The number of nitrogens with zero attached hydrogens (tertiary/aromatic N) is 2. The molecule has 1 saturated carbocycles. The average molecular weight is 475 g/mol. The van der Waals surface area contributed by atoms with Crippen LogP contribution in [0.4, 0.5) is 14.9 Å². The van der Waals surface area contributed by atoms with Gasteiger partial charge in [0.1, 0.15) is 17.7 Å². The SMILES string of the molecule is CC(c1ccc(O)cc1)N(C(=O)OC1C2CCC1CN(Cc1ccccc1)C2)c1cccc(F)c1. The standard InChI is InChI=1S/C29H31FN2O3/c1-20(22-12-14-27(33)15-13-22)32(26-9-5-8-25(30)16-26)29(34)35-28-23-10-11-24(28)19-31(18-23)17-21-6-3-2-4-7-21/h2-9,12-16,20,23-24,28,33H,10-11,17-19H2,1H3. The van der Waals surface area contributed by atoms with Crippen molar-refractivity contribution in [3.63, 3.8) is 0 Å². The van der Waals surface area contributed by atoms with Gasteiger partial charge in [-0.3, -0.25) is 9.80 Å². The van der Waals surface area contributed by atoms with E-state index in [1.54, 1.807) is 36.4 Å². The van der Waals surface area contributed by atoms with Gasteiger partial charge in [-0.1, -0.05) is 48.5 Å². The third kappa shape index (κ3) is 5.17. The second kappa shape index (κ2) is 10.1. The maximum absolute atomic E-state index is 14.1. The van der Waals surface area contributed by atoms with Gasteiger partial charge in [0.2, 0.25) is 0 Å². The average Bonchev–Trinajstić information content (AvgIpc) is 3.07. The van der Waals surface area contributed by atoms with Crippen molar-refractivity contribution < 1.29 is 19.0 Å². The van der Waals surface area contributed by atoms with Crippen LogP contribution in [0.2, 0.25) is 0 Å². The molecule has 3 aromatic carbocycles. The van der Waals surface area contributed by atoms with E-state index in [0.717, 1.165) is 38.0 Å². The van der Waals surface area contributed by atoms with E-state index in [9.17, 15) is 14.3 Å². The number of phenols is 1. The van der Waals surface area contributed by atoms with Gasteiger partial charge in [0.25, 0.3) is 0 Å². The highest BCUT2D eigenvalue weighted by Crippen LogP contribution is 2.40. The number of carbonyl (C=O) groups excluding carboxylic acids is 1. The molecule has 1 N–H and O–H groups in total. The summed E-state index contributed by atoms with van der Waals surface area (Å²) in [5.41, 5.74) is 2.57. The number of halogens is 1. The Morgan fingerprint density at radius 3 is 2.37 bits per heavy atom. The predicted molar refractivity (Wildman–Crippen MR) is 134 cm³/mol. The van der Waals surface area contributed by atoms with Crippen molar-refractivity contribution in [3.05, 3.63) is 95.8 Å². The highest BCUT2D eigenvalue weighted by atomic mass is 19.1. The van der Waals surface area contributed by atoms with Crippen molar-refractivity contribution >= 4 is 11.8 Å². The molecule has 2 fully saturated rings. The summed E-state index contributed by atoms with van der Waals surface area (Å²) in [5, 5.41) is 9.68. The van der Waals surface area contributed by atoms with Crippen LogP contribution in [-0.2, 0) is 11.3 Å². The Morgan fingerprint density at radius 1 is 1.03 bits per heavy atom. The van der Waals surface area contributed by atoms with Crippen LogP contribution in [0.1, 0.15) is 36.9 Å². The lowest BCUT2D eigenvalue weighted by molar-refractivity contribution is -0.000547. The summed E-state index contributed by atoms with van der Waals surface area (Å²) in [6.45, 7) is 4.59. The van der Waals surface area contributed by atoms with Crippen molar-refractivity contribution in [2.75, 3.05) is 18.0 Å². The summed E-state index contributed by atoms with van der Waals surface area (Å²) in [6.07, 6.45) is 1.48. The number of phenolic OH excluding ortho intramolecular Hbond substituents is 1. The molecule has 0 spiro atoms. The summed E-state index contributed by atoms with van der Waals surface area (Å²) in [4.78, 5) is 17.6. The lowest BCUT2D eigenvalue weighted by Crippen LogP contribution is -2.48. The Kier molecular flexibility index (Phi) is 6.73. The van der Waals surface area contributed by atoms with Gasteiger partial charge >= 0.3 is 6.09 Å². The minimum Gasteiger partial charge on any atom is -0.508 e. The third-order valence-corrected chi connectivity index (χ3v) is 7.35. The lowest BCUT2D eigenvalue weighted by atomic mass is 9.94. The molecule has 1 saturated heterocycles. The molecule has 0 radical (unpaired) electrons. The number of carbonyl (C=O) groups is 1. The fourth-order valence-corrected chi connectivity index (χ4v) is 5.62. The maximum Gasteiger partial charge on any atom is 0.415 e. The van der Waals surface area contributed by atoms with Crippen LogP contribution in [0.15, 0.2) is 78.9 Å². The second-order valence-corrected chi connectivity index (χ2v) is 9.74. The molecule has 1 aliphatic carbocycles. The molecule has 3 atom stereocenters. The molecular weight excluding hydrogens is 443 g/mol. The summed E-state index contributed by atoms with van der Waals surface area (Å²) >= 11 is 0. The molecule has 1 aliphatic heterocycles. The van der Waals surface area contributed by atoms with Gasteiger partial charge in [0, 0.05) is 31.5 Å². The number of rotatable bonds is 6. The molecular formula is C29H31FN2O3. The second-order valence-electron chi connectivity index (χ2n) is 9.74. The Morgan fingerprint density at radius 2 is 1.71 bits per heavy atom. The number of anilines is 1. The minimum absolute atomic E-state index is 0.141. The number of hydrogen-bond donors (Lipinski definition) is 1. The van der Waals surface area contributed by atoms with Crippen LogP contribution >= 0.6 is 0 Å². The molecule has 182 valence electrons. The Labute approximate surface area is 205 Å². The van der Waals surface area contributed by atoms with Gasteiger partial charge in [-0.2, -0.15) is 0 Å². The molecule has 6 heteroatoms. The molecule has 2 bridgehead atoms. The van der Waals surface area contributed by atoms with Gasteiger partial charge < -0.3 is 9.84 Å².